The van der Waals surface area contributed by atoms with E-state index >= 15 is 0 Å². The first-order valence-electron chi connectivity index (χ1n) is 5.26. The largest absolute Gasteiger partial charge is 0.396 e. The van der Waals surface area contributed by atoms with Crippen LogP contribution in [-0.2, 0) is 0 Å². The van der Waals surface area contributed by atoms with Gasteiger partial charge in [-0.05, 0) is 29.9 Å². The molecule has 1 N–H and O–H groups in total. The van der Waals surface area contributed by atoms with Crippen molar-refractivity contribution in [2.45, 2.75) is 40.0 Å². The summed E-state index contributed by atoms with van der Waals surface area (Å²) in [7, 11) is 0. The summed E-state index contributed by atoms with van der Waals surface area (Å²) in [6.45, 7) is 7.12. The smallest absolute Gasteiger partial charge is 0.0500 e. The number of hydrogen-bond donors (Lipinski definition) is 2. The van der Waals surface area contributed by atoms with Gasteiger partial charge in [0, 0.05) is 12.0 Å². The predicted octanol–water partition coefficient (Wildman–Crippen LogP) is 2.74. The van der Waals surface area contributed by atoms with E-state index in [4.69, 9.17) is 0 Å². The average molecular weight is 202 g/mol. The monoisotopic (exact) mass is 202 g/mol. The van der Waals surface area contributed by atoms with Gasteiger partial charge in [-0.2, -0.15) is 12.6 Å². The number of aliphatic hydroxyl groups excluding tert-OH is 1. The zero-order chi connectivity index (χ0) is 10.1. The van der Waals surface area contributed by atoms with E-state index < -0.39 is 0 Å². The Morgan fingerprint density at radius 2 is 2.08 bits per heavy atom. The molecule has 0 heterocycles. The zero-order valence-electron chi connectivity index (χ0n) is 9.01. The molecule has 2 heteroatoms. The molecule has 1 nitrogen and oxygen atoms in total. The Balaban J connectivity index is 2.90. The Morgan fingerprint density at radius 3 is 2.31 bits per heavy atom. The Hall–Kier alpha value is 0.310. The van der Waals surface area contributed by atoms with Crippen LogP contribution in [0.3, 0.4) is 0 Å². The third-order valence-corrected chi connectivity index (χ3v) is 5.06. The topological polar surface area (TPSA) is 20.2 Å². The van der Waals surface area contributed by atoms with Crippen LogP contribution in [0.4, 0.5) is 0 Å². The molecule has 0 amide bonds. The van der Waals surface area contributed by atoms with Crippen LogP contribution in [0, 0.1) is 16.7 Å². The highest BCUT2D eigenvalue weighted by atomic mass is 32.1. The quantitative estimate of drug-likeness (QED) is 0.674. The van der Waals surface area contributed by atoms with Crippen LogP contribution < -0.4 is 0 Å². The zero-order valence-corrected chi connectivity index (χ0v) is 9.90. The van der Waals surface area contributed by atoms with Crippen LogP contribution in [-0.4, -0.2) is 17.5 Å². The van der Waals surface area contributed by atoms with Gasteiger partial charge in [0.15, 0.2) is 0 Å². The number of hydrogen-bond acceptors (Lipinski definition) is 2. The van der Waals surface area contributed by atoms with E-state index in [0.29, 0.717) is 6.61 Å². The van der Waals surface area contributed by atoms with Gasteiger partial charge in [0.25, 0.3) is 0 Å². The summed E-state index contributed by atoms with van der Waals surface area (Å²) in [6, 6.07) is 0. The molecule has 0 bridgehead atoms. The van der Waals surface area contributed by atoms with Crippen LogP contribution in [0.15, 0.2) is 0 Å². The Kier molecular flexibility index (Phi) is 3.34. The fourth-order valence-corrected chi connectivity index (χ4v) is 3.56. The number of rotatable bonds is 3. The first kappa shape index (κ1) is 11.4. The second kappa shape index (κ2) is 3.82. The molecule has 0 aromatic heterocycles. The lowest BCUT2D eigenvalue weighted by Crippen LogP contribution is -2.41. The molecule has 1 aliphatic rings. The lowest BCUT2D eigenvalue weighted by molar-refractivity contribution is 0.0294. The van der Waals surface area contributed by atoms with E-state index in [0.717, 1.165) is 18.1 Å². The maximum absolute atomic E-state index is 9.52. The fourth-order valence-electron chi connectivity index (χ4n) is 2.90. The summed E-state index contributed by atoms with van der Waals surface area (Å²) in [5.74, 6) is 1.57. The standard InChI is InChI=1S/C11H22OS/c1-4-9-5-6-11(7-12,8-13)10(9,2)3/h9,12-13H,4-8H2,1-3H3. The third kappa shape index (κ3) is 1.52. The van der Waals surface area contributed by atoms with Gasteiger partial charge in [-0.3, -0.25) is 0 Å². The van der Waals surface area contributed by atoms with Gasteiger partial charge >= 0.3 is 0 Å². The van der Waals surface area contributed by atoms with E-state index in [2.05, 4.69) is 33.4 Å². The van der Waals surface area contributed by atoms with E-state index in [9.17, 15) is 5.11 Å². The fraction of sp³-hybridized carbons (Fsp3) is 1.00. The van der Waals surface area contributed by atoms with E-state index in [1.54, 1.807) is 0 Å². The van der Waals surface area contributed by atoms with Crippen molar-refractivity contribution in [3.05, 3.63) is 0 Å². The molecule has 0 spiro atoms. The molecule has 0 radical (unpaired) electrons. The number of aliphatic hydroxyl groups is 1. The Morgan fingerprint density at radius 1 is 1.46 bits per heavy atom. The van der Waals surface area contributed by atoms with Crippen LogP contribution in [0.2, 0.25) is 0 Å². The van der Waals surface area contributed by atoms with E-state index in [1.807, 2.05) is 0 Å². The molecule has 0 aromatic carbocycles. The average Bonchev–Trinajstić information content (AvgIpc) is 2.37. The van der Waals surface area contributed by atoms with Gasteiger partial charge in [-0.15, -0.1) is 0 Å². The lowest BCUT2D eigenvalue weighted by atomic mass is 9.65. The maximum atomic E-state index is 9.52. The van der Waals surface area contributed by atoms with Gasteiger partial charge in [0.2, 0.25) is 0 Å². The van der Waals surface area contributed by atoms with Gasteiger partial charge in [-0.25, -0.2) is 0 Å². The minimum Gasteiger partial charge on any atom is -0.396 e. The van der Waals surface area contributed by atoms with Crippen molar-refractivity contribution in [3.8, 4) is 0 Å². The molecule has 2 unspecified atom stereocenters. The van der Waals surface area contributed by atoms with Crippen LogP contribution in [0.1, 0.15) is 40.0 Å². The molecular formula is C11H22OS. The molecule has 78 valence electrons. The number of thiol groups is 1. The molecule has 1 fully saturated rings. The first-order valence-corrected chi connectivity index (χ1v) is 5.89. The van der Waals surface area contributed by atoms with Crippen molar-refractivity contribution < 1.29 is 5.11 Å². The van der Waals surface area contributed by atoms with Crippen LogP contribution in [0.5, 0.6) is 0 Å². The summed E-state index contributed by atoms with van der Waals surface area (Å²) >= 11 is 4.41. The highest BCUT2D eigenvalue weighted by Gasteiger charge is 2.52. The van der Waals surface area contributed by atoms with Crippen molar-refractivity contribution >= 4 is 12.6 Å². The summed E-state index contributed by atoms with van der Waals surface area (Å²) in [6.07, 6.45) is 3.62. The molecular weight excluding hydrogens is 180 g/mol. The van der Waals surface area contributed by atoms with Gasteiger partial charge in [0.1, 0.15) is 0 Å². The van der Waals surface area contributed by atoms with Crippen molar-refractivity contribution in [2.75, 3.05) is 12.4 Å². The van der Waals surface area contributed by atoms with Crippen molar-refractivity contribution in [2.24, 2.45) is 16.7 Å². The summed E-state index contributed by atoms with van der Waals surface area (Å²) in [5.41, 5.74) is 0.315. The summed E-state index contributed by atoms with van der Waals surface area (Å²) in [4.78, 5) is 0. The maximum Gasteiger partial charge on any atom is 0.0500 e. The first-order chi connectivity index (χ1) is 6.04. The second-order valence-corrected chi connectivity index (χ2v) is 5.28. The Bertz CT molecular complexity index is 173. The SMILES string of the molecule is CCC1CCC(CO)(CS)C1(C)C. The van der Waals surface area contributed by atoms with Gasteiger partial charge in [0.05, 0.1) is 0 Å². The molecule has 1 saturated carbocycles. The molecule has 13 heavy (non-hydrogen) atoms. The van der Waals surface area contributed by atoms with Crippen molar-refractivity contribution in [1.29, 1.82) is 0 Å². The highest BCUT2D eigenvalue weighted by Crippen LogP contribution is 2.57. The van der Waals surface area contributed by atoms with Gasteiger partial charge in [-0.1, -0.05) is 27.2 Å². The lowest BCUT2D eigenvalue weighted by Gasteiger charge is -2.42. The predicted molar refractivity (Wildman–Crippen MR) is 60.2 cm³/mol. The molecule has 0 saturated heterocycles. The normalized spacial score (nSPS) is 38.1. The molecule has 2 atom stereocenters. The highest BCUT2D eigenvalue weighted by molar-refractivity contribution is 7.80. The van der Waals surface area contributed by atoms with Crippen molar-refractivity contribution in [3.63, 3.8) is 0 Å². The van der Waals surface area contributed by atoms with Crippen molar-refractivity contribution in [1.82, 2.24) is 0 Å². The molecule has 1 rings (SSSR count). The minimum absolute atomic E-state index is 0.0663. The summed E-state index contributed by atoms with van der Waals surface area (Å²) < 4.78 is 0. The van der Waals surface area contributed by atoms with Crippen LogP contribution in [0.25, 0.3) is 0 Å². The second-order valence-electron chi connectivity index (χ2n) is 4.96. The van der Waals surface area contributed by atoms with E-state index in [-0.39, 0.29) is 10.8 Å². The van der Waals surface area contributed by atoms with E-state index in [1.165, 1.54) is 12.8 Å². The minimum atomic E-state index is 0.0663. The molecule has 0 aliphatic heterocycles. The summed E-state index contributed by atoms with van der Waals surface area (Å²) in [5, 5.41) is 9.52. The Labute approximate surface area is 87.3 Å². The van der Waals surface area contributed by atoms with Gasteiger partial charge < -0.3 is 5.11 Å². The molecule has 1 aliphatic carbocycles. The molecule has 0 aromatic rings. The van der Waals surface area contributed by atoms with Crippen LogP contribution >= 0.6 is 12.6 Å². The third-order valence-electron chi connectivity index (χ3n) is 4.46.